The van der Waals surface area contributed by atoms with Crippen LogP contribution in [0.2, 0.25) is 0 Å². The van der Waals surface area contributed by atoms with Crippen LogP contribution >= 0.6 is 22.6 Å². The van der Waals surface area contributed by atoms with E-state index in [1.165, 1.54) is 0 Å². The quantitative estimate of drug-likeness (QED) is 0.643. The van der Waals surface area contributed by atoms with E-state index in [4.69, 9.17) is 10.8 Å². The fraction of sp³-hybridized carbons (Fsp3) is 0.250. The highest BCUT2D eigenvalue weighted by atomic mass is 127. The van der Waals surface area contributed by atoms with Gasteiger partial charge >= 0.3 is 0 Å². The van der Waals surface area contributed by atoms with E-state index in [1.54, 1.807) is 22.6 Å². The highest BCUT2D eigenvalue weighted by Gasteiger charge is 2.12. The van der Waals surface area contributed by atoms with Crippen LogP contribution in [0, 0.1) is 15.2 Å². The van der Waals surface area contributed by atoms with Crippen LogP contribution in [0.15, 0.2) is 12.1 Å². The summed E-state index contributed by atoms with van der Waals surface area (Å²) in [6, 6.07) is 1.53. The molecule has 1 aromatic rings. The summed E-state index contributed by atoms with van der Waals surface area (Å²) in [6.07, 6.45) is 0. The molecule has 0 aliphatic heterocycles. The first-order chi connectivity index (χ1) is 6.06. The van der Waals surface area contributed by atoms with Gasteiger partial charge in [-0.15, -0.1) is 0 Å². The third-order valence-corrected chi connectivity index (χ3v) is 2.66. The summed E-state index contributed by atoms with van der Waals surface area (Å²) in [5.41, 5.74) is 5.66. The molecule has 1 atom stereocenters. The molecule has 72 valence electrons. The molecule has 0 saturated heterocycles. The second-order valence-electron chi connectivity index (χ2n) is 2.59. The van der Waals surface area contributed by atoms with Crippen molar-refractivity contribution >= 4 is 22.6 Å². The van der Waals surface area contributed by atoms with E-state index < -0.39 is 17.7 Å². The maximum atomic E-state index is 13.0. The topological polar surface area (TPSA) is 46.2 Å². The van der Waals surface area contributed by atoms with E-state index in [9.17, 15) is 8.78 Å². The zero-order valence-electron chi connectivity index (χ0n) is 6.60. The Hall–Kier alpha value is -0.270. The van der Waals surface area contributed by atoms with Gasteiger partial charge < -0.3 is 10.8 Å². The van der Waals surface area contributed by atoms with Crippen LogP contribution in [0.5, 0.6) is 0 Å². The second-order valence-corrected chi connectivity index (χ2v) is 3.67. The van der Waals surface area contributed by atoms with Gasteiger partial charge in [0.2, 0.25) is 0 Å². The SMILES string of the molecule is NC(CO)c1cc(F)c(I)c(F)c1. The van der Waals surface area contributed by atoms with Crippen LogP contribution in [-0.4, -0.2) is 11.7 Å². The molecule has 1 aromatic carbocycles. The van der Waals surface area contributed by atoms with Gasteiger partial charge in [-0.2, -0.15) is 0 Å². The predicted molar refractivity (Wildman–Crippen MR) is 53.1 cm³/mol. The third-order valence-electron chi connectivity index (χ3n) is 1.63. The van der Waals surface area contributed by atoms with Crippen molar-refractivity contribution in [3.63, 3.8) is 0 Å². The van der Waals surface area contributed by atoms with Gasteiger partial charge in [0.05, 0.1) is 16.2 Å². The Bertz CT molecular complexity index is 296. The zero-order valence-corrected chi connectivity index (χ0v) is 8.76. The van der Waals surface area contributed by atoms with E-state index in [0.29, 0.717) is 0 Å². The molecule has 3 N–H and O–H groups in total. The Morgan fingerprint density at radius 3 is 2.23 bits per heavy atom. The number of benzene rings is 1. The van der Waals surface area contributed by atoms with Crippen LogP contribution in [-0.2, 0) is 0 Å². The lowest BCUT2D eigenvalue weighted by Crippen LogP contribution is -2.15. The fourth-order valence-electron chi connectivity index (χ4n) is 0.895. The van der Waals surface area contributed by atoms with Crippen molar-refractivity contribution in [3.05, 3.63) is 32.9 Å². The lowest BCUT2D eigenvalue weighted by Gasteiger charge is -2.09. The summed E-state index contributed by atoms with van der Waals surface area (Å²) < 4.78 is 25.8. The monoisotopic (exact) mass is 299 g/mol. The standard InChI is InChI=1S/C8H8F2INO/c9-5-1-4(7(12)3-13)2-6(10)8(5)11/h1-2,7,13H,3,12H2. The highest BCUT2D eigenvalue weighted by Crippen LogP contribution is 2.20. The molecule has 0 aromatic heterocycles. The number of hydrogen-bond donors (Lipinski definition) is 2. The predicted octanol–water partition coefficient (Wildman–Crippen LogP) is 1.56. The number of aliphatic hydroxyl groups excluding tert-OH is 1. The van der Waals surface area contributed by atoms with Crippen LogP contribution in [0.4, 0.5) is 8.78 Å². The van der Waals surface area contributed by atoms with Gasteiger partial charge in [-0.25, -0.2) is 8.78 Å². The fourth-order valence-corrected chi connectivity index (χ4v) is 1.21. The van der Waals surface area contributed by atoms with Crippen molar-refractivity contribution < 1.29 is 13.9 Å². The van der Waals surface area contributed by atoms with Crippen molar-refractivity contribution in [2.75, 3.05) is 6.61 Å². The Morgan fingerprint density at radius 1 is 1.38 bits per heavy atom. The number of rotatable bonds is 2. The summed E-state index contributed by atoms with van der Waals surface area (Å²) in [6.45, 7) is -0.334. The highest BCUT2D eigenvalue weighted by molar-refractivity contribution is 14.1. The Labute approximate surface area is 87.9 Å². The summed E-state index contributed by atoms with van der Waals surface area (Å²) in [5, 5.41) is 8.67. The summed E-state index contributed by atoms with van der Waals surface area (Å²) in [4.78, 5) is 0. The van der Waals surface area contributed by atoms with E-state index >= 15 is 0 Å². The largest absolute Gasteiger partial charge is 0.394 e. The second kappa shape index (κ2) is 4.30. The molecule has 13 heavy (non-hydrogen) atoms. The minimum absolute atomic E-state index is 0.0634. The minimum atomic E-state index is -0.735. The van der Waals surface area contributed by atoms with Gasteiger partial charge in [-0.05, 0) is 40.3 Å². The molecule has 5 heteroatoms. The molecule has 1 rings (SSSR count). The molecule has 0 radical (unpaired) electrons. The average Bonchev–Trinajstić information content (AvgIpc) is 2.12. The molecule has 0 amide bonds. The normalized spacial score (nSPS) is 13.0. The van der Waals surface area contributed by atoms with Crippen LogP contribution in [0.1, 0.15) is 11.6 Å². The molecule has 0 spiro atoms. The molecule has 2 nitrogen and oxygen atoms in total. The third kappa shape index (κ3) is 2.35. The molecule has 0 heterocycles. The number of halogens is 3. The first-order valence-electron chi connectivity index (χ1n) is 3.57. The van der Waals surface area contributed by atoms with Gasteiger partial charge in [0, 0.05) is 0 Å². The number of aliphatic hydroxyl groups is 1. The maximum Gasteiger partial charge on any atom is 0.139 e. The van der Waals surface area contributed by atoms with E-state index in [1.807, 2.05) is 0 Å². The smallest absolute Gasteiger partial charge is 0.139 e. The summed E-state index contributed by atoms with van der Waals surface area (Å²) in [5.74, 6) is -1.31. The van der Waals surface area contributed by atoms with E-state index in [0.717, 1.165) is 12.1 Å². The van der Waals surface area contributed by atoms with E-state index in [2.05, 4.69) is 0 Å². The summed E-state index contributed by atoms with van der Waals surface area (Å²) in [7, 11) is 0. The molecular formula is C8H8F2INO. The van der Waals surface area contributed by atoms with Gasteiger partial charge in [-0.3, -0.25) is 0 Å². The molecular weight excluding hydrogens is 291 g/mol. The lowest BCUT2D eigenvalue weighted by molar-refractivity contribution is 0.267. The average molecular weight is 299 g/mol. The Morgan fingerprint density at radius 2 is 1.85 bits per heavy atom. The minimum Gasteiger partial charge on any atom is -0.394 e. The van der Waals surface area contributed by atoms with Crippen LogP contribution < -0.4 is 5.73 Å². The number of hydrogen-bond acceptors (Lipinski definition) is 2. The van der Waals surface area contributed by atoms with Gasteiger partial charge in [0.1, 0.15) is 11.6 Å². The summed E-state index contributed by atoms with van der Waals surface area (Å²) >= 11 is 1.57. The first kappa shape index (κ1) is 10.8. The molecule has 0 fully saturated rings. The first-order valence-corrected chi connectivity index (χ1v) is 4.65. The van der Waals surface area contributed by atoms with Gasteiger partial charge in [-0.1, -0.05) is 0 Å². The number of nitrogens with two attached hydrogens (primary N) is 1. The molecule has 0 aliphatic rings. The van der Waals surface area contributed by atoms with E-state index in [-0.39, 0.29) is 15.7 Å². The van der Waals surface area contributed by atoms with Gasteiger partial charge in [0.25, 0.3) is 0 Å². The van der Waals surface area contributed by atoms with Crippen LogP contribution in [0.3, 0.4) is 0 Å². The Balaban J connectivity index is 3.13. The lowest BCUT2D eigenvalue weighted by atomic mass is 10.1. The van der Waals surface area contributed by atoms with Crippen molar-refractivity contribution in [1.29, 1.82) is 0 Å². The van der Waals surface area contributed by atoms with Crippen molar-refractivity contribution in [1.82, 2.24) is 0 Å². The van der Waals surface area contributed by atoms with Crippen LogP contribution in [0.25, 0.3) is 0 Å². The molecule has 1 unspecified atom stereocenters. The van der Waals surface area contributed by atoms with Crippen molar-refractivity contribution in [3.8, 4) is 0 Å². The zero-order chi connectivity index (χ0) is 10.0. The van der Waals surface area contributed by atoms with Crippen molar-refractivity contribution in [2.45, 2.75) is 6.04 Å². The Kier molecular flexibility index (Phi) is 3.57. The molecule has 0 aliphatic carbocycles. The van der Waals surface area contributed by atoms with Gasteiger partial charge in [0.15, 0.2) is 0 Å². The maximum absolute atomic E-state index is 13.0. The van der Waals surface area contributed by atoms with Crippen molar-refractivity contribution in [2.24, 2.45) is 5.73 Å². The molecule has 0 saturated carbocycles. The molecule has 0 bridgehead atoms.